The number of carbonyl (C=O) groups is 4. The van der Waals surface area contributed by atoms with Crippen LogP contribution in [0.15, 0.2) is 0 Å². The van der Waals surface area contributed by atoms with E-state index in [1.165, 1.54) is 0 Å². The van der Waals surface area contributed by atoms with Crippen molar-refractivity contribution >= 4 is 23.7 Å². The maximum Gasteiger partial charge on any atom is 0.337 e. The highest BCUT2D eigenvalue weighted by atomic mass is 16.6. The van der Waals surface area contributed by atoms with Crippen molar-refractivity contribution in [2.45, 2.75) is 58.2 Å². The molecule has 3 amide bonds. The number of fused-ring (bicyclic) bond motifs is 1. The van der Waals surface area contributed by atoms with E-state index < -0.39 is 23.6 Å². The molecule has 0 aromatic heterocycles. The number of imide groups is 1. The summed E-state index contributed by atoms with van der Waals surface area (Å²) in [4.78, 5) is 49.2. The number of aliphatic hydroxyl groups excluding tert-OH is 1. The molecule has 2 rings (SSSR count). The lowest BCUT2D eigenvalue weighted by molar-refractivity contribution is -0.164. The van der Waals surface area contributed by atoms with Crippen LogP contribution < -0.4 is 5.32 Å². The van der Waals surface area contributed by atoms with Crippen LogP contribution in [-0.2, 0) is 23.9 Å². The first-order valence-corrected chi connectivity index (χ1v) is 8.63. The van der Waals surface area contributed by atoms with E-state index in [4.69, 9.17) is 4.74 Å². The van der Waals surface area contributed by atoms with Crippen LogP contribution in [0, 0.1) is 11.8 Å². The van der Waals surface area contributed by atoms with Crippen molar-refractivity contribution in [1.29, 1.82) is 0 Å². The molecule has 140 valence electrons. The van der Waals surface area contributed by atoms with Crippen LogP contribution in [0.5, 0.6) is 0 Å². The van der Waals surface area contributed by atoms with Crippen LogP contribution in [0.25, 0.3) is 0 Å². The van der Waals surface area contributed by atoms with Crippen molar-refractivity contribution in [3.05, 3.63) is 0 Å². The molecular weight excluding hydrogens is 328 g/mol. The van der Waals surface area contributed by atoms with E-state index in [-0.39, 0.29) is 36.7 Å². The van der Waals surface area contributed by atoms with Gasteiger partial charge in [0.1, 0.15) is 12.1 Å². The molecule has 1 saturated heterocycles. The van der Waals surface area contributed by atoms with Crippen molar-refractivity contribution < 1.29 is 29.0 Å². The molecule has 25 heavy (non-hydrogen) atoms. The first kappa shape index (κ1) is 19.4. The maximum atomic E-state index is 12.3. The zero-order chi connectivity index (χ0) is 18.8. The molecule has 1 saturated carbocycles. The van der Waals surface area contributed by atoms with Gasteiger partial charge >= 0.3 is 5.97 Å². The molecule has 1 heterocycles. The zero-order valence-electron chi connectivity index (χ0n) is 14.9. The van der Waals surface area contributed by atoms with Crippen LogP contribution in [0.3, 0.4) is 0 Å². The number of amides is 3. The van der Waals surface area contributed by atoms with Crippen LogP contribution in [0.4, 0.5) is 0 Å². The highest BCUT2D eigenvalue weighted by Gasteiger charge is 2.48. The monoisotopic (exact) mass is 354 g/mol. The van der Waals surface area contributed by atoms with E-state index in [1.54, 1.807) is 20.8 Å². The molecule has 0 spiro atoms. The Morgan fingerprint density at radius 3 is 2.20 bits per heavy atom. The second-order valence-corrected chi connectivity index (χ2v) is 7.61. The minimum absolute atomic E-state index is 0.294. The smallest absolute Gasteiger partial charge is 0.337 e. The number of rotatable bonds is 5. The molecule has 0 aromatic rings. The van der Waals surface area contributed by atoms with E-state index in [0.29, 0.717) is 12.8 Å². The summed E-state index contributed by atoms with van der Waals surface area (Å²) in [5, 5.41) is 12.1. The molecule has 0 unspecified atom stereocenters. The standard InChI is InChI=1S/C17H26N2O6/c1-17(2,3)25-16(24)12(20)8-18-13(21)9-19-14(22)10-6-4-5-7-11(10)15(19)23/h10-12,20H,4-9H2,1-3H3,(H,18,21)/t10-,11+,12-/m1/s1. The Labute approximate surface area is 146 Å². The fourth-order valence-electron chi connectivity index (χ4n) is 3.25. The predicted molar refractivity (Wildman–Crippen MR) is 87.0 cm³/mol. The van der Waals surface area contributed by atoms with Gasteiger partial charge in [0.05, 0.1) is 18.4 Å². The zero-order valence-corrected chi connectivity index (χ0v) is 14.9. The highest BCUT2D eigenvalue weighted by molar-refractivity contribution is 6.07. The minimum atomic E-state index is -1.50. The normalized spacial score (nSPS) is 24.7. The van der Waals surface area contributed by atoms with Crippen molar-refractivity contribution in [3.63, 3.8) is 0 Å². The number of nitrogens with one attached hydrogen (secondary N) is 1. The SMILES string of the molecule is CC(C)(C)OC(=O)[C@H](O)CNC(=O)CN1C(=O)[C@H]2CCCC[C@H]2C1=O. The Morgan fingerprint density at radius 2 is 1.72 bits per heavy atom. The molecule has 2 N–H and O–H groups in total. The number of ether oxygens (including phenoxy) is 1. The van der Waals surface area contributed by atoms with Crippen molar-refractivity contribution in [2.75, 3.05) is 13.1 Å². The topological polar surface area (TPSA) is 113 Å². The third-order valence-electron chi connectivity index (χ3n) is 4.41. The quantitative estimate of drug-likeness (QED) is 0.530. The fraction of sp³-hybridized carbons (Fsp3) is 0.765. The van der Waals surface area contributed by atoms with Gasteiger partial charge in [0.25, 0.3) is 0 Å². The van der Waals surface area contributed by atoms with Crippen LogP contribution >= 0.6 is 0 Å². The van der Waals surface area contributed by atoms with Gasteiger partial charge in [0, 0.05) is 0 Å². The first-order chi connectivity index (χ1) is 11.6. The molecule has 0 aromatic carbocycles. The molecule has 3 atom stereocenters. The third-order valence-corrected chi connectivity index (χ3v) is 4.41. The van der Waals surface area contributed by atoms with Gasteiger partial charge in [0.15, 0.2) is 6.10 Å². The van der Waals surface area contributed by atoms with E-state index in [2.05, 4.69) is 5.32 Å². The highest BCUT2D eigenvalue weighted by Crippen LogP contribution is 2.37. The summed E-state index contributed by atoms with van der Waals surface area (Å²) < 4.78 is 5.00. The Hall–Kier alpha value is -1.96. The Kier molecular flexibility index (Phi) is 5.82. The van der Waals surface area contributed by atoms with Crippen LogP contribution in [0.1, 0.15) is 46.5 Å². The second kappa shape index (κ2) is 7.51. The number of esters is 1. The Morgan fingerprint density at radius 1 is 1.20 bits per heavy atom. The lowest BCUT2D eigenvalue weighted by atomic mass is 9.81. The maximum absolute atomic E-state index is 12.3. The summed E-state index contributed by atoms with van der Waals surface area (Å²) in [6.07, 6.45) is 1.70. The molecule has 2 fully saturated rings. The summed E-state index contributed by atoms with van der Waals surface area (Å²) >= 11 is 0. The number of aliphatic hydroxyl groups is 1. The largest absolute Gasteiger partial charge is 0.458 e. The van der Waals surface area contributed by atoms with Crippen molar-refractivity contribution in [2.24, 2.45) is 11.8 Å². The van der Waals surface area contributed by atoms with E-state index >= 15 is 0 Å². The van der Waals surface area contributed by atoms with Crippen LogP contribution in [0.2, 0.25) is 0 Å². The van der Waals surface area contributed by atoms with Gasteiger partial charge in [-0.2, -0.15) is 0 Å². The summed E-state index contributed by atoms with van der Waals surface area (Å²) in [5.74, 6) is -2.63. The molecule has 2 aliphatic rings. The summed E-state index contributed by atoms with van der Waals surface area (Å²) in [6, 6.07) is 0. The number of carbonyl (C=O) groups excluding carboxylic acids is 4. The number of hydrogen-bond donors (Lipinski definition) is 2. The van der Waals surface area contributed by atoms with Gasteiger partial charge in [-0.25, -0.2) is 4.79 Å². The summed E-state index contributed by atoms with van der Waals surface area (Å²) in [6.45, 7) is 4.28. The van der Waals surface area contributed by atoms with Gasteiger partial charge in [-0.05, 0) is 33.6 Å². The van der Waals surface area contributed by atoms with Gasteiger partial charge in [-0.15, -0.1) is 0 Å². The lowest BCUT2D eigenvalue weighted by Crippen LogP contribution is -2.45. The Balaban J connectivity index is 1.83. The Bertz CT molecular complexity index is 544. The summed E-state index contributed by atoms with van der Waals surface area (Å²) in [5.41, 5.74) is -0.743. The minimum Gasteiger partial charge on any atom is -0.458 e. The van der Waals surface area contributed by atoms with Crippen LogP contribution in [-0.4, -0.2) is 58.5 Å². The molecular formula is C17H26N2O6. The van der Waals surface area contributed by atoms with Crippen molar-refractivity contribution in [3.8, 4) is 0 Å². The molecule has 1 aliphatic carbocycles. The third kappa shape index (κ3) is 4.78. The number of likely N-dealkylation sites (tertiary alicyclic amines) is 1. The average molecular weight is 354 g/mol. The van der Waals surface area contributed by atoms with Crippen molar-refractivity contribution in [1.82, 2.24) is 10.2 Å². The van der Waals surface area contributed by atoms with Gasteiger partial charge in [-0.3, -0.25) is 19.3 Å². The van der Waals surface area contributed by atoms with E-state index in [0.717, 1.165) is 17.7 Å². The van der Waals surface area contributed by atoms with Gasteiger partial charge < -0.3 is 15.2 Å². The molecule has 0 radical (unpaired) electrons. The molecule has 8 nitrogen and oxygen atoms in total. The average Bonchev–Trinajstić information content (AvgIpc) is 2.76. The molecule has 8 heteroatoms. The summed E-state index contributed by atoms with van der Waals surface area (Å²) in [7, 11) is 0. The van der Waals surface area contributed by atoms with E-state index in [9.17, 15) is 24.3 Å². The lowest BCUT2D eigenvalue weighted by Gasteiger charge is -2.22. The first-order valence-electron chi connectivity index (χ1n) is 8.63. The fourth-order valence-corrected chi connectivity index (χ4v) is 3.25. The van der Waals surface area contributed by atoms with E-state index in [1.807, 2.05) is 0 Å². The molecule has 1 aliphatic heterocycles. The second-order valence-electron chi connectivity index (χ2n) is 7.61. The van der Waals surface area contributed by atoms with Gasteiger partial charge in [-0.1, -0.05) is 12.8 Å². The number of hydrogen-bond acceptors (Lipinski definition) is 6. The predicted octanol–water partition coefficient (Wildman–Crippen LogP) is -0.0196. The molecule has 0 bridgehead atoms. The number of nitrogens with zero attached hydrogens (tertiary/aromatic N) is 1. The van der Waals surface area contributed by atoms with Gasteiger partial charge in [0.2, 0.25) is 17.7 Å².